The monoisotopic (exact) mass is 390 g/mol. The molecule has 0 aliphatic carbocycles. The lowest BCUT2D eigenvalue weighted by atomic mass is 10.1. The summed E-state index contributed by atoms with van der Waals surface area (Å²) in [5.74, 6) is -0.471. The van der Waals surface area contributed by atoms with Gasteiger partial charge in [-0.15, -0.1) is 0 Å². The van der Waals surface area contributed by atoms with Crippen molar-refractivity contribution in [1.82, 2.24) is 0 Å². The van der Waals surface area contributed by atoms with E-state index >= 15 is 0 Å². The normalized spacial score (nSPS) is 15.0. The van der Waals surface area contributed by atoms with E-state index in [4.69, 9.17) is 4.74 Å². The fourth-order valence-electron chi connectivity index (χ4n) is 3.10. The molecule has 29 heavy (non-hydrogen) atoms. The number of aliphatic imine (C=N–C) groups is 1. The number of carbonyl (C=O) groups excluding carboxylic acids is 1. The number of ether oxygens (including phenoxy) is 1. The molecule has 3 aromatic carbocycles. The maximum absolute atomic E-state index is 14.1. The minimum absolute atomic E-state index is 0.0698. The Bertz CT molecular complexity index is 1140. The molecule has 0 radical (unpaired) electrons. The summed E-state index contributed by atoms with van der Waals surface area (Å²) < 4.78 is 32.9. The van der Waals surface area contributed by atoms with Crippen molar-refractivity contribution in [1.29, 1.82) is 0 Å². The number of amides is 1. The molecule has 6 heteroatoms. The summed E-state index contributed by atoms with van der Waals surface area (Å²) in [6.45, 7) is 0. The molecule has 0 unspecified atom stereocenters. The number of carbonyl (C=O) groups is 1. The van der Waals surface area contributed by atoms with Gasteiger partial charge in [0.1, 0.15) is 23.1 Å². The summed E-state index contributed by atoms with van der Waals surface area (Å²) >= 11 is 0. The smallest absolute Gasteiger partial charge is 0.282 e. The van der Waals surface area contributed by atoms with Gasteiger partial charge in [-0.25, -0.2) is 13.8 Å². The third-order valence-corrected chi connectivity index (χ3v) is 4.49. The number of benzene rings is 3. The predicted octanol–water partition coefficient (Wildman–Crippen LogP) is 4.81. The van der Waals surface area contributed by atoms with Crippen LogP contribution in [0.1, 0.15) is 11.1 Å². The van der Waals surface area contributed by atoms with E-state index in [2.05, 4.69) is 4.99 Å². The van der Waals surface area contributed by atoms with Crippen LogP contribution in [-0.2, 0) is 4.79 Å². The molecule has 0 atom stereocenters. The molecule has 1 aliphatic rings. The zero-order valence-electron chi connectivity index (χ0n) is 15.5. The number of hydrogen-bond donors (Lipinski definition) is 0. The van der Waals surface area contributed by atoms with Gasteiger partial charge in [-0.1, -0.05) is 30.3 Å². The highest BCUT2D eigenvalue weighted by molar-refractivity contribution is 6.33. The van der Waals surface area contributed by atoms with E-state index in [1.165, 1.54) is 48.4 Å². The Hall–Kier alpha value is -3.80. The second-order valence-electron chi connectivity index (χ2n) is 6.30. The van der Waals surface area contributed by atoms with E-state index < -0.39 is 17.5 Å². The summed E-state index contributed by atoms with van der Waals surface area (Å²) in [5.41, 5.74) is 1.35. The van der Waals surface area contributed by atoms with Crippen molar-refractivity contribution in [2.45, 2.75) is 0 Å². The molecule has 1 aliphatic heterocycles. The van der Waals surface area contributed by atoms with E-state index in [0.29, 0.717) is 22.8 Å². The van der Waals surface area contributed by atoms with E-state index in [0.717, 1.165) is 0 Å². The molecule has 0 fully saturated rings. The number of halogens is 2. The molecule has 0 aromatic heterocycles. The topological polar surface area (TPSA) is 41.9 Å². The lowest BCUT2D eigenvalue weighted by Crippen LogP contribution is -2.32. The molecule has 0 saturated heterocycles. The Morgan fingerprint density at radius 1 is 0.931 bits per heavy atom. The van der Waals surface area contributed by atoms with Gasteiger partial charge in [-0.05, 0) is 48.5 Å². The highest BCUT2D eigenvalue weighted by atomic mass is 19.1. The van der Waals surface area contributed by atoms with E-state index in [1.807, 2.05) is 0 Å². The highest BCUT2D eigenvalue weighted by Gasteiger charge is 2.34. The molecule has 4 nitrogen and oxygen atoms in total. The number of anilines is 1. The van der Waals surface area contributed by atoms with Crippen LogP contribution in [0.5, 0.6) is 5.75 Å². The Morgan fingerprint density at radius 2 is 1.62 bits per heavy atom. The Labute approximate surface area is 166 Å². The molecule has 0 bridgehead atoms. The van der Waals surface area contributed by atoms with E-state index in [-0.39, 0.29) is 11.3 Å². The molecule has 4 rings (SSSR count). The zero-order chi connectivity index (χ0) is 20.4. The molecule has 3 aromatic rings. The van der Waals surface area contributed by atoms with Crippen molar-refractivity contribution in [3.05, 3.63) is 101 Å². The number of rotatable bonds is 4. The van der Waals surface area contributed by atoms with Crippen LogP contribution in [0.2, 0.25) is 0 Å². The van der Waals surface area contributed by atoms with Crippen molar-refractivity contribution in [2.75, 3.05) is 12.0 Å². The lowest BCUT2D eigenvalue weighted by molar-refractivity contribution is -0.113. The Kier molecular flexibility index (Phi) is 4.91. The van der Waals surface area contributed by atoms with Gasteiger partial charge in [0.2, 0.25) is 0 Å². The average Bonchev–Trinajstić information content (AvgIpc) is 3.06. The van der Waals surface area contributed by atoms with Crippen molar-refractivity contribution < 1.29 is 18.3 Å². The van der Waals surface area contributed by atoms with Gasteiger partial charge < -0.3 is 4.74 Å². The van der Waals surface area contributed by atoms with E-state index in [9.17, 15) is 13.6 Å². The quantitative estimate of drug-likeness (QED) is 0.600. The fraction of sp³-hybridized carbons (Fsp3) is 0.0435. The van der Waals surface area contributed by atoms with Crippen molar-refractivity contribution in [3.63, 3.8) is 0 Å². The van der Waals surface area contributed by atoms with E-state index in [1.54, 1.807) is 42.5 Å². The second-order valence-corrected chi connectivity index (χ2v) is 6.30. The third kappa shape index (κ3) is 3.52. The molecule has 0 saturated carbocycles. The summed E-state index contributed by atoms with van der Waals surface area (Å²) in [7, 11) is 1.52. The highest BCUT2D eigenvalue weighted by Crippen LogP contribution is 2.31. The zero-order valence-corrected chi connectivity index (χ0v) is 15.5. The summed E-state index contributed by atoms with van der Waals surface area (Å²) in [6.07, 6.45) is 1.40. The van der Waals surface area contributed by atoms with Crippen LogP contribution >= 0.6 is 0 Å². The Balaban J connectivity index is 1.88. The molecule has 1 heterocycles. The second kappa shape index (κ2) is 7.67. The maximum Gasteiger partial charge on any atom is 0.282 e. The predicted molar refractivity (Wildman–Crippen MR) is 108 cm³/mol. The van der Waals surface area contributed by atoms with Crippen LogP contribution < -0.4 is 9.64 Å². The first-order chi connectivity index (χ1) is 14.1. The van der Waals surface area contributed by atoms with Crippen LogP contribution in [-0.4, -0.2) is 18.9 Å². The first-order valence-electron chi connectivity index (χ1n) is 8.87. The summed E-state index contributed by atoms with van der Waals surface area (Å²) in [6, 6.07) is 18.8. The molecule has 0 spiro atoms. The minimum Gasteiger partial charge on any atom is -0.496 e. The minimum atomic E-state index is -0.456. The standard InChI is InChI=1S/C23H16F2N2O2/c1-29-21-9-5-3-7-18(21)22-26-20(14-15-6-2-4-8-19(15)25)23(28)27(22)17-12-10-16(24)11-13-17/h2-14H,1H3/b20-14+. The number of methoxy groups -OCH3 is 1. The molecule has 144 valence electrons. The van der Waals surface area contributed by atoms with Gasteiger partial charge in [0, 0.05) is 5.56 Å². The fourth-order valence-corrected chi connectivity index (χ4v) is 3.10. The van der Waals surface area contributed by atoms with Crippen molar-refractivity contribution in [3.8, 4) is 5.75 Å². The van der Waals surface area contributed by atoms with Gasteiger partial charge in [0.05, 0.1) is 18.4 Å². The molecule has 0 N–H and O–H groups in total. The van der Waals surface area contributed by atoms with Crippen molar-refractivity contribution in [2.24, 2.45) is 4.99 Å². The lowest BCUT2D eigenvalue weighted by Gasteiger charge is -2.19. The molecular weight excluding hydrogens is 374 g/mol. The Morgan fingerprint density at radius 3 is 2.34 bits per heavy atom. The first-order valence-corrected chi connectivity index (χ1v) is 8.87. The van der Waals surface area contributed by atoms with Crippen molar-refractivity contribution >= 4 is 23.5 Å². The number of para-hydroxylation sites is 1. The molecular formula is C23H16F2N2O2. The van der Waals surface area contributed by atoms with Gasteiger partial charge in [-0.3, -0.25) is 9.69 Å². The first kappa shape index (κ1) is 18.6. The number of nitrogens with zero attached hydrogens (tertiary/aromatic N) is 2. The van der Waals surface area contributed by atoms with Crippen LogP contribution in [0, 0.1) is 11.6 Å². The van der Waals surface area contributed by atoms with Gasteiger partial charge in [0.25, 0.3) is 5.91 Å². The maximum atomic E-state index is 14.1. The van der Waals surface area contributed by atoms with Gasteiger partial charge >= 0.3 is 0 Å². The van der Waals surface area contributed by atoms with Crippen LogP contribution in [0.25, 0.3) is 6.08 Å². The molecule has 1 amide bonds. The van der Waals surface area contributed by atoms with Crippen LogP contribution in [0.15, 0.2) is 83.5 Å². The summed E-state index contributed by atoms with van der Waals surface area (Å²) in [5, 5.41) is 0. The average molecular weight is 390 g/mol. The number of amidine groups is 1. The SMILES string of the molecule is COc1ccccc1C1=N/C(=C/c2ccccc2F)C(=O)N1c1ccc(F)cc1. The van der Waals surface area contributed by atoms with Gasteiger partial charge in [-0.2, -0.15) is 0 Å². The number of hydrogen-bond acceptors (Lipinski definition) is 3. The summed E-state index contributed by atoms with van der Waals surface area (Å²) in [4.78, 5) is 19.0. The van der Waals surface area contributed by atoms with Crippen LogP contribution in [0.3, 0.4) is 0 Å². The third-order valence-electron chi connectivity index (χ3n) is 4.49. The van der Waals surface area contributed by atoms with Crippen LogP contribution in [0.4, 0.5) is 14.5 Å². The van der Waals surface area contributed by atoms with Gasteiger partial charge in [0.15, 0.2) is 5.84 Å². The largest absolute Gasteiger partial charge is 0.496 e.